The molecular formula is C16H18ClFN2. The van der Waals surface area contributed by atoms with Crippen molar-refractivity contribution >= 4 is 23.0 Å². The third kappa shape index (κ3) is 3.42. The predicted molar refractivity (Wildman–Crippen MR) is 84.2 cm³/mol. The van der Waals surface area contributed by atoms with Crippen molar-refractivity contribution in [3.05, 3.63) is 58.9 Å². The molecule has 0 saturated heterocycles. The average molecular weight is 293 g/mol. The van der Waals surface area contributed by atoms with Gasteiger partial charge in [0, 0.05) is 25.8 Å². The molecule has 0 saturated carbocycles. The Morgan fingerprint density at radius 2 is 1.90 bits per heavy atom. The summed E-state index contributed by atoms with van der Waals surface area (Å²) < 4.78 is 13.2. The van der Waals surface area contributed by atoms with Crippen LogP contribution in [0.1, 0.15) is 18.5 Å². The molecule has 106 valence electrons. The molecule has 0 heterocycles. The maximum atomic E-state index is 13.2. The van der Waals surface area contributed by atoms with Crippen LogP contribution in [0.3, 0.4) is 0 Å². The van der Waals surface area contributed by atoms with Crippen molar-refractivity contribution in [2.75, 3.05) is 24.3 Å². The minimum absolute atomic E-state index is 0.00646. The number of rotatable bonds is 4. The first kappa shape index (κ1) is 14.7. The number of hydrogen-bond donors (Lipinski definition) is 1. The summed E-state index contributed by atoms with van der Waals surface area (Å²) in [7, 11) is 3.90. The summed E-state index contributed by atoms with van der Waals surface area (Å²) in [5.41, 5.74) is 2.78. The van der Waals surface area contributed by atoms with E-state index in [0.29, 0.717) is 5.02 Å². The molecule has 1 N–H and O–H groups in total. The fraction of sp³-hybridized carbons (Fsp3) is 0.250. The summed E-state index contributed by atoms with van der Waals surface area (Å²) in [6.07, 6.45) is 0. The molecule has 0 aliphatic rings. The van der Waals surface area contributed by atoms with Gasteiger partial charge in [0.15, 0.2) is 0 Å². The number of nitrogens with zero attached hydrogens (tertiary/aromatic N) is 1. The second-order valence-electron chi connectivity index (χ2n) is 4.98. The first-order valence-electron chi connectivity index (χ1n) is 6.46. The van der Waals surface area contributed by atoms with Gasteiger partial charge in [0.25, 0.3) is 0 Å². The lowest BCUT2D eigenvalue weighted by molar-refractivity contribution is 0.623. The van der Waals surface area contributed by atoms with Crippen molar-refractivity contribution in [2.24, 2.45) is 0 Å². The average Bonchev–Trinajstić information content (AvgIpc) is 2.38. The Morgan fingerprint density at radius 3 is 2.50 bits per heavy atom. The van der Waals surface area contributed by atoms with Gasteiger partial charge in [-0.15, -0.1) is 0 Å². The molecule has 0 bridgehead atoms. The predicted octanol–water partition coefficient (Wildman–Crippen LogP) is 4.72. The first-order chi connectivity index (χ1) is 9.47. The van der Waals surface area contributed by atoms with Gasteiger partial charge in [-0.05, 0) is 42.8 Å². The molecule has 0 radical (unpaired) electrons. The lowest BCUT2D eigenvalue weighted by atomic mass is 10.1. The first-order valence-corrected chi connectivity index (χ1v) is 6.84. The highest BCUT2D eigenvalue weighted by atomic mass is 35.5. The highest BCUT2D eigenvalue weighted by Gasteiger charge is 2.08. The van der Waals surface area contributed by atoms with E-state index in [-0.39, 0.29) is 11.9 Å². The Morgan fingerprint density at radius 1 is 1.15 bits per heavy atom. The quantitative estimate of drug-likeness (QED) is 0.877. The zero-order valence-corrected chi connectivity index (χ0v) is 12.6. The van der Waals surface area contributed by atoms with Crippen LogP contribution in [-0.4, -0.2) is 14.1 Å². The third-order valence-corrected chi connectivity index (χ3v) is 3.46. The molecule has 2 rings (SSSR count). The topological polar surface area (TPSA) is 15.3 Å². The number of halogens is 2. The largest absolute Gasteiger partial charge is 0.378 e. The van der Waals surface area contributed by atoms with Crippen LogP contribution in [0.2, 0.25) is 5.02 Å². The molecule has 1 atom stereocenters. The van der Waals surface area contributed by atoms with Crippen molar-refractivity contribution in [3.8, 4) is 0 Å². The van der Waals surface area contributed by atoms with Crippen LogP contribution in [-0.2, 0) is 0 Å². The standard InChI is InChI=1S/C16H18ClFN2/c1-11(12-5-4-6-13(18)9-12)19-14-7-8-16(20(2)3)15(17)10-14/h4-11,19H,1-3H3. The molecule has 0 aliphatic carbocycles. The van der Waals surface area contributed by atoms with Crippen molar-refractivity contribution < 1.29 is 4.39 Å². The molecule has 20 heavy (non-hydrogen) atoms. The number of anilines is 2. The van der Waals surface area contributed by atoms with Crippen LogP contribution in [0.5, 0.6) is 0 Å². The SMILES string of the molecule is CC(Nc1ccc(N(C)C)c(Cl)c1)c1cccc(F)c1. The Hall–Kier alpha value is -1.74. The normalized spacial score (nSPS) is 12.1. The molecule has 0 amide bonds. The van der Waals surface area contributed by atoms with E-state index in [1.807, 2.05) is 50.2 Å². The Labute approximate surface area is 124 Å². The molecule has 0 aliphatic heterocycles. The van der Waals surface area contributed by atoms with Crippen LogP contribution in [0.25, 0.3) is 0 Å². The van der Waals surface area contributed by atoms with E-state index >= 15 is 0 Å². The zero-order valence-electron chi connectivity index (χ0n) is 11.8. The van der Waals surface area contributed by atoms with E-state index in [2.05, 4.69) is 5.32 Å². The van der Waals surface area contributed by atoms with Crippen LogP contribution in [0, 0.1) is 5.82 Å². The Bertz CT molecular complexity index is 599. The van der Waals surface area contributed by atoms with Gasteiger partial charge in [0.2, 0.25) is 0 Å². The van der Waals surface area contributed by atoms with Crippen LogP contribution in [0.15, 0.2) is 42.5 Å². The fourth-order valence-electron chi connectivity index (χ4n) is 2.07. The van der Waals surface area contributed by atoms with Gasteiger partial charge in [-0.2, -0.15) is 0 Å². The zero-order chi connectivity index (χ0) is 14.7. The Kier molecular flexibility index (Phi) is 4.50. The van der Waals surface area contributed by atoms with E-state index in [1.54, 1.807) is 6.07 Å². The van der Waals surface area contributed by atoms with E-state index in [1.165, 1.54) is 12.1 Å². The monoisotopic (exact) mass is 292 g/mol. The summed E-state index contributed by atoms with van der Waals surface area (Å²) in [5.74, 6) is -0.225. The second kappa shape index (κ2) is 6.14. The third-order valence-electron chi connectivity index (χ3n) is 3.16. The highest BCUT2D eigenvalue weighted by Crippen LogP contribution is 2.29. The lowest BCUT2D eigenvalue weighted by Gasteiger charge is -2.19. The molecule has 2 aromatic rings. The maximum Gasteiger partial charge on any atom is 0.123 e. The van der Waals surface area contributed by atoms with Gasteiger partial charge in [-0.1, -0.05) is 23.7 Å². The van der Waals surface area contributed by atoms with Crippen LogP contribution in [0.4, 0.5) is 15.8 Å². The van der Waals surface area contributed by atoms with Gasteiger partial charge >= 0.3 is 0 Å². The molecule has 0 fully saturated rings. The van der Waals surface area contributed by atoms with Gasteiger partial charge in [0.1, 0.15) is 5.82 Å². The van der Waals surface area contributed by atoms with E-state index in [9.17, 15) is 4.39 Å². The minimum atomic E-state index is -0.225. The van der Waals surface area contributed by atoms with Gasteiger partial charge in [-0.3, -0.25) is 0 Å². The van der Waals surface area contributed by atoms with Gasteiger partial charge < -0.3 is 10.2 Å². The molecule has 4 heteroatoms. The van der Waals surface area contributed by atoms with Crippen LogP contribution < -0.4 is 10.2 Å². The van der Waals surface area contributed by atoms with E-state index in [0.717, 1.165) is 16.9 Å². The van der Waals surface area contributed by atoms with E-state index < -0.39 is 0 Å². The summed E-state index contributed by atoms with van der Waals surface area (Å²) in [4.78, 5) is 1.96. The van der Waals surface area contributed by atoms with Crippen LogP contribution >= 0.6 is 11.6 Å². The fourth-order valence-corrected chi connectivity index (χ4v) is 2.42. The van der Waals surface area contributed by atoms with Crippen molar-refractivity contribution in [1.82, 2.24) is 0 Å². The molecule has 2 nitrogen and oxygen atoms in total. The molecule has 2 aromatic carbocycles. The molecule has 1 unspecified atom stereocenters. The summed E-state index contributed by atoms with van der Waals surface area (Å²) in [6, 6.07) is 12.4. The number of nitrogens with one attached hydrogen (secondary N) is 1. The minimum Gasteiger partial charge on any atom is -0.378 e. The molecule has 0 spiro atoms. The van der Waals surface area contributed by atoms with E-state index in [4.69, 9.17) is 11.6 Å². The van der Waals surface area contributed by atoms with Crippen molar-refractivity contribution in [2.45, 2.75) is 13.0 Å². The lowest BCUT2D eigenvalue weighted by Crippen LogP contribution is -2.10. The van der Waals surface area contributed by atoms with Gasteiger partial charge in [0.05, 0.1) is 10.7 Å². The molecular weight excluding hydrogens is 275 g/mol. The van der Waals surface area contributed by atoms with Gasteiger partial charge in [-0.25, -0.2) is 4.39 Å². The summed E-state index contributed by atoms with van der Waals surface area (Å²) >= 11 is 6.24. The highest BCUT2D eigenvalue weighted by molar-refractivity contribution is 6.33. The molecule has 0 aromatic heterocycles. The smallest absolute Gasteiger partial charge is 0.123 e. The second-order valence-corrected chi connectivity index (χ2v) is 5.39. The summed E-state index contributed by atoms with van der Waals surface area (Å²) in [6.45, 7) is 1.99. The number of hydrogen-bond acceptors (Lipinski definition) is 2. The van der Waals surface area contributed by atoms with Crippen molar-refractivity contribution in [1.29, 1.82) is 0 Å². The number of benzene rings is 2. The Balaban J connectivity index is 2.16. The maximum absolute atomic E-state index is 13.2. The summed E-state index contributed by atoms with van der Waals surface area (Å²) in [5, 5.41) is 4.01. The van der Waals surface area contributed by atoms with Crippen molar-refractivity contribution in [3.63, 3.8) is 0 Å².